The molecule has 2 rings (SSSR count). The number of aromatic hydroxyl groups is 1. The summed E-state index contributed by atoms with van der Waals surface area (Å²) in [6.45, 7) is 4.23. The van der Waals surface area contributed by atoms with Crippen LogP contribution in [0.4, 0.5) is 0 Å². The molecular weight excluding hydrogens is 336 g/mol. The molecule has 3 heteroatoms. The Morgan fingerprint density at radius 1 is 0.963 bits per heavy atom. The van der Waals surface area contributed by atoms with Crippen molar-refractivity contribution in [2.45, 2.75) is 71.1 Å². The van der Waals surface area contributed by atoms with E-state index in [1.165, 1.54) is 32.1 Å². The van der Waals surface area contributed by atoms with E-state index in [1.807, 2.05) is 43.3 Å². The summed E-state index contributed by atoms with van der Waals surface area (Å²) in [5, 5.41) is 20.0. The number of carboxylic acids is 1. The molecule has 2 N–H and O–H groups in total. The second-order valence-electron chi connectivity index (χ2n) is 7.39. The van der Waals surface area contributed by atoms with E-state index in [2.05, 4.69) is 6.92 Å². The Balaban J connectivity index is 2.11. The van der Waals surface area contributed by atoms with Crippen molar-refractivity contribution in [2.75, 3.05) is 0 Å². The lowest BCUT2D eigenvalue weighted by molar-refractivity contribution is 0.0693. The van der Waals surface area contributed by atoms with Crippen LogP contribution >= 0.6 is 0 Å². The molecule has 27 heavy (non-hydrogen) atoms. The van der Waals surface area contributed by atoms with Crippen molar-refractivity contribution in [1.29, 1.82) is 0 Å². The van der Waals surface area contributed by atoms with Gasteiger partial charge in [0.2, 0.25) is 0 Å². The van der Waals surface area contributed by atoms with Crippen molar-refractivity contribution in [3.63, 3.8) is 0 Å². The standard InChI is InChI=1S/C24H32O3/c1-3-4-5-6-7-8-10-13-19-16-21(23(25)22(17-19)24(26)27)18(2)20-14-11-9-12-15-20/h9,11-12,14-18,25H,3-8,10,13H2,1-2H3,(H,26,27). The fourth-order valence-electron chi connectivity index (χ4n) is 3.56. The quantitative estimate of drug-likeness (QED) is 0.443. The molecule has 1 unspecified atom stereocenters. The minimum atomic E-state index is -1.07. The molecule has 0 saturated heterocycles. The first kappa shape index (κ1) is 21.0. The molecule has 0 aliphatic rings. The fraction of sp³-hybridized carbons (Fsp3) is 0.458. The first-order valence-corrected chi connectivity index (χ1v) is 10.2. The number of aryl methyl sites for hydroxylation is 1. The van der Waals surface area contributed by atoms with E-state index in [0.717, 1.165) is 30.4 Å². The Bertz CT molecular complexity index is 722. The van der Waals surface area contributed by atoms with Crippen LogP contribution in [-0.4, -0.2) is 16.2 Å². The Labute approximate surface area is 163 Å². The highest BCUT2D eigenvalue weighted by atomic mass is 16.4. The van der Waals surface area contributed by atoms with Gasteiger partial charge in [-0.2, -0.15) is 0 Å². The van der Waals surface area contributed by atoms with Gasteiger partial charge in [0.05, 0.1) is 0 Å². The van der Waals surface area contributed by atoms with Crippen molar-refractivity contribution in [2.24, 2.45) is 0 Å². The van der Waals surface area contributed by atoms with Gasteiger partial charge in [0, 0.05) is 11.5 Å². The summed E-state index contributed by atoms with van der Waals surface area (Å²) < 4.78 is 0. The van der Waals surface area contributed by atoms with Gasteiger partial charge in [-0.1, -0.05) is 88.8 Å². The third-order valence-corrected chi connectivity index (χ3v) is 5.26. The maximum atomic E-state index is 11.6. The molecule has 2 aromatic rings. The van der Waals surface area contributed by atoms with Crippen LogP contribution < -0.4 is 0 Å². The van der Waals surface area contributed by atoms with Crippen LogP contribution in [0.2, 0.25) is 0 Å². The molecule has 0 aromatic heterocycles. The molecule has 0 saturated carbocycles. The predicted molar refractivity (Wildman–Crippen MR) is 111 cm³/mol. The molecule has 146 valence electrons. The summed E-state index contributed by atoms with van der Waals surface area (Å²) in [5.74, 6) is -1.24. The van der Waals surface area contributed by atoms with Gasteiger partial charge in [-0.25, -0.2) is 4.79 Å². The van der Waals surface area contributed by atoms with Gasteiger partial charge < -0.3 is 10.2 Å². The maximum absolute atomic E-state index is 11.6. The number of carbonyl (C=O) groups is 1. The van der Waals surface area contributed by atoms with Crippen LogP contribution in [-0.2, 0) is 6.42 Å². The van der Waals surface area contributed by atoms with E-state index in [4.69, 9.17) is 0 Å². The molecule has 3 nitrogen and oxygen atoms in total. The number of hydrogen-bond acceptors (Lipinski definition) is 2. The first-order valence-electron chi connectivity index (χ1n) is 10.2. The topological polar surface area (TPSA) is 57.5 Å². The van der Waals surface area contributed by atoms with Gasteiger partial charge in [-0.05, 0) is 30.0 Å². The Morgan fingerprint density at radius 2 is 1.59 bits per heavy atom. The molecule has 0 radical (unpaired) electrons. The highest BCUT2D eigenvalue weighted by Crippen LogP contribution is 2.35. The number of aromatic carboxylic acids is 1. The van der Waals surface area contributed by atoms with Gasteiger partial charge >= 0.3 is 5.97 Å². The van der Waals surface area contributed by atoms with Gasteiger partial charge in [0.1, 0.15) is 11.3 Å². The number of hydrogen-bond donors (Lipinski definition) is 2. The molecule has 0 heterocycles. The molecule has 1 atom stereocenters. The largest absolute Gasteiger partial charge is 0.507 e. The minimum Gasteiger partial charge on any atom is -0.507 e. The molecular formula is C24H32O3. The molecule has 2 aromatic carbocycles. The van der Waals surface area contributed by atoms with Crippen molar-refractivity contribution < 1.29 is 15.0 Å². The number of phenols is 1. The third-order valence-electron chi connectivity index (χ3n) is 5.26. The molecule has 0 aliphatic carbocycles. The van der Waals surface area contributed by atoms with E-state index in [9.17, 15) is 15.0 Å². The van der Waals surface area contributed by atoms with Crippen molar-refractivity contribution in [3.8, 4) is 5.75 Å². The lowest BCUT2D eigenvalue weighted by atomic mass is 9.88. The summed E-state index contributed by atoms with van der Waals surface area (Å²) in [5.41, 5.74) is 2.76. The summed E-state index contributed by atoms with van der Waals surface area (Å²) in [6, 6.07) is 13.5. The van der Waals surface area contributed by atoms with Crippen LogP contribution in [0, 0.1) is 0 Å². The Kier molecular flexibility index (Phi) is 8.38. The zero-order chi connectivity index (χ0) is 19.6. The summed E-state index contributed by atoms with van der Waals surface area (Å²) in [7, 11) is 0. The normalized spacial score (nSPS) is 12.1. The number of unbranched alkanes of at least 4 members (excludes halogenated alkanes) is 6. The molecule has 0 bridgehead atoms. The van der Waals surface area contributed by atoms with Crippen LogP contribution in [0.15, 0.2) is 42.5 Å². The summed E-state index contributed by atoms with van der Waals surface area (Å²) in [4.78, 5) is 11.6. The predicted octanol–water partition coefficient (Wildman–Crippen LogP) is 6.54. The Hall–Kier alpha value is -2.29. The van der Waals surface area contributed by atoms with E-state index >= 15 is 0 Å². The van der Waals surface area contributed by atoms with E-state index in [0.29, 0.717) is 5.56 Å². The van der Waals surface area contributed by atoms with Gasteiger partial charge in [-0.3, -0.25) is 0 Å². The Morgan fingerprint density at radius 3 is 2.22 bits per heavy atom. The van der Waals surface area contributed by atoms with E-state index in [1.54, 1.807) is 6.07 Å². The van der Waals surface area contributed by atoms with Crippen LogP contribution in [0.5, 0.6) is 5.75 Å². The molecule has 0 spiro atoms. The van der Waals surface area contributed by atoms with Crippen molar-refractivity contribution >= 4 is 5.97 Å². The average molecular weight is 369 g/mol. The van der Waals surface area contributed by atoms with E-state index < -0.39 is 5.97 Å². The number of carboxylic acid groups (broad SMARTS) is 1. The zero-order valence-electron chi connectivity index (χ0n) is 16.6. The van der Waals surface area contributed by atoms with Crippen molar-refractivity contribution in [3.05, 3.63) is 64.7 Å². The number of benzene rings is 2. The van der Waals surface area contributed by atoms with E-state index in [-0.39, 0.29) is 17.2 Å². The molecule has 0 aliphatic heterocycles. The van der Waals surface area contributed by atoms with Gasteiger partial charge in [0.25, 0.3) is 0 Å². The maximum Gasteiger partial charge on any atom is 0.339 e. The lowest BCUT2D eigenvalue weighted by Crippen LogP contribution is -2.05. The summed E-state index contributed by atoms with van der Waals surface area (Å²) >= 11 is 0. The van der Waals surface area contributed by atoms with Crippen molar-refractivity contribution in [1.82, 2.24) is 0 Å². The second-order valence-corrected chi connectivity index (χ2v) is 7.39. The number of rotatable bonds is 11. The van der Waals surface area contributed by atoms with Crippen LogP contribution in [0.3, 0.4) is 0 Å². The minimum absolute atomic E-state index is 0.00762. The first-order chi connectivity index (χ1) is 13.0. The lowest BCUT2D eigenvalue weighted by Gasteiger charge is -2.17. The van der Waals surface area contributed by atoms with Gasteiger partial charge in [-0.15, -0.1) is 0 Å². The SMILES string of the molecule is CCCCCCCCCc1cc(C(=O)O)c(O)c(C(C)c2ccccc2)c1. The zero-order valence-corrected chi connectivity index (χ0v) is 16.6. The highest BCUT2D eigenvalue weighted by Gasteiger charge is 2.20. The van der Waals surface area contributed by atoms with Gasteiger partial charge in [0.15, 0.2) is 0 Å². The monoisotopic (exact) mass is 368 g/mol. The average Bonchev–Trinajstić information content (AvgIpc) is 2.68. The fourth-order valence-corrected chi connectivity index (χ4v) is 3.56. The third kappa shape index (κ3) is 6.13. The van der Waals surface area contributed by atoms with Crippen LogP contribution in [0.25, 0.3) is 0 Å². The smallest absolute Gasteiger partial charge is 0.339 e. The van der Waals surface area contributed by atoms with Crippen LogP contribution in [0.1, 0.15) is 91.8 Å². The highest BCUT2D eigenvalue weighted by molar-refractivity contribution is 5.91. The second kappa shape index (κ2) is 10.8. The summed E-state index contributed by atoms with van der Waals surface area (Å²) in [6.07, 6.45) is 9.44. The molecule has 0 amide bonds. The molecule has 0 fully saturated rings.